The van der Waals surface area contributed by atoms with Crippen LogP contribution in [0.15, 0.2) is 18.2 Å². The molecule has 0 bridgehead atoms. The van der Waals surface area contributed by atoms with Crippen molar-refractivity contribution in [3.05, 3.63) is 23.8 Å². The van der Waals surface area contributed by atoms with E-state index in [1.807, 2.05) is 18.2 Å². The van der Waals surface area contributed by atoms with Gasteiger partial charge in [-0.25, -0.2) is 0 Å². The van der Waals surface area contributed by atoms with Gasteiger partial charge in [0.2, 0.25) is 0 Å². The minimum absolute atomic E-state index is 0.698. The summed E-state index contributed by atoms with van der Waals surface area (Å²) in [7, 11) is 3.23. The summed E-state index contributed by atoms with van der Waals surface area (Å²) in [5, 5.41) is 10.6. The molecule has 0 radical (unpaired) electrons. The number of benzene rings is 1. The second-order valence-electron chi connectivity index (χ2n) is 3.87. The summed E-state index contributed by atoms with van der Waals surface area (Å²) < 4.78 is 10.6. The van der Waals surface area contributed by atoms with Crippen molar-refractivity contribution in [1.82, 2.24) is 0 Å². The molecule has 1 aromatic rings. The van der Waals surface area contributed by atoms with Crippen molar-refractivity contribution in [2.75, 3.05) is 25.7 Å². The molecule has 1 aliphatic rings. The topological polar surface area (TPSA) is 38.7 Å². The number of ether oxygens (including phenoxy) is 2. The third kappa shape index (κ3) is 1.87. The lowest BCUT2D eigenvalue weighted by molar-refractivity contribution is 0.0601. The first kappa shape index (κ1) is 11.6. The molecule has 1 aliphatic heterocycles. The number of aliphatic hydroxyl groups is 1. The molecular weight excluding hydrogens is 224 g/mol. The monoisotopic (exact) mass is 240 g/mol. The predicted octanol–water partition coefficient (Wildman–Crippen LogP) is 2.03. The van der Waals surface area contributed by atoms with E-state index in [2.05, 4.69) is 0 Å². The highest BCUT2D eigenvalue weighted by Gasteiger charge is 2.38. The molecule has 0 amide bonds. The highest BCUT2D eigenvalue weighted by atomic mass is 32.2. The van der Waals surface area contributed by atoms with Gasteiger partial charge in [0.05, 0.1) is 19.8 Å². The Hall–Kier alpha value is -0.870. The summed E-state index contributed by atoms with van der Waals surface area (Å²) in [6.45, 7) is 0. The smallest absolute Gasteiger partial charge is 0.128 e. The number of hydrogen-bond acceptors (Lipinski definition) is 4. The minimum Gasteiger partial charge on any atom is -0.496 e. The fourth-order valence-electron chi connectivity index (χ4n) is 2.06. The van der Waals surface area contributed by atoms with Crippen molar-refractivity contribution >= 4 is 11.8 Å². The zero-order valence-electron chi connectivity index (χ0n) is 9.53. The molecule has 1 atom stereocenters. The van der Waals surface area contributed by atoms with Crippen molar-refractivity contribution in [2.24, 2.45) is 0 Å². The van der Waals surface area contributed by atoms with E-state index in [9.17, 15) is 5.11 Å². The van der Waals surface area contributed by atoms with Gasteiger partial charge in [-0.05, 0) is 24.3 Å². The third-order valence-electron chi connectivity index (χ3n) is 2.89. The molecule has 88 valence electrons. The Morgan fingerprint density at radius 2 is 1.88 bits per heavy atom. The lowest BCUT2D eigenvalue weighted by Gasteiger charge is -2.26. The van der Waals surface area contributed by atoms with E-state index in [1.165, 1.54) is 0 Å². The van der Waals surface area contributed by atoms with Crippen LogP contribution in [-0.4, -0.2) is 30.8 Å². The van der Waals surface area contributed by atoms with Gasteiger partial charge in [0.15, 0.2) is 0 Å². The van der Waals surface area contributed by atoms with E-state index in [-0.39, 0.29) is 0 Å². The van der Waals surface area contributed by atoms with Gasteiger partial charge in [0.25, 0.3) is 0 Å². The van der Waals surface area contributed by atoms with Crippen LogP contribution >= 0.6 is 11.8 Å². The lowest BCUT2D eigenvalue weighted by Crippen LogP contribution is -2.26. The average molecular weight is 240 g/mol. The van der Waals surface area contributed by atoms with Gasteiger partial charge >= 0.3 is 0 Å². The van der Waals surface area contributed by atoms with Crippen LogP contribution in [0.4, 0.5) is 0 Å². The molecule has 1 heterocycles. The summed E-state index contributed by atoms with van der Waals surface area (Å²) in [4.78, 5) is 0. The highest BCUT2D eigenvalue weighted by molar-refractivity contribution is 7.99. The summed E-state index contributed by atoms with van der Waals surface area (Å²) in [5.41, 5.74) is -0.0344. The SMILES string of the molecule is COc1cccc(OC)c1C1(O)CCSC1. The van der Waals surface area contributed by atoms with Crippen LogP contribution in [0.1, 0.15) is 12.0 Å². The Kier molecular flexibility index (Phi) is 3.30. The first-order valence-corrected chi connectivity index (χ1v) is 6.38. The molecule has 2 rings (SSSR count). The molecule has 1 N–H and O–H groups in total. The highest BCUT2D eigenvalue weighted by Crippen LogP contribution is 2.45. The number of thioether (sulfide) groups is 1. The molecule has 1 unspecified atom stereocenters. The summed E-state index contributed by atoms with van der Waals surface area (Å²) in [6, 6.07) is 5.59. The van der Waals surface area contributed by atoms with Gasteiger partial charge in [-0.15, -0.1) is 0 Å². The Morgan fingerprint density at radius 3 is 2.31 bits per heavy atom. The zero-order valence-corrected chi connectivity index (χ0v) is 10.3. The second-order valence-corrected chi connectivity index (χ2v) is 4.98. The van der Waals surface area contributed by atoms with Crippen LogP contribution in [0.2, 0.25) is 0 Å². The van der Waals surface area contributed by atoms with E-state index in [0.717, 1.165) is 17.7 Å². The molecule has 4 heteroatoms. The minimum atomic E-state index is -0.817. The van der Waals surface area contributed by atoms with E-state index in [1.54, 1.807) is 26.0 Å². The fraction of sp³-hybridized carbons (Fsp3) is 0.500. The lowest BCUT2D eigenvalue weighted by atomic mass is 9.91. The number of rotatable bonds is 3. The fourth-order valence-corrected chi connectivity index (χ4v) is 3.31. The first-order valence-electron chi connectivity index (χ1n) is 5.23. The molecule has 0 aromatic heterocycles. The van der Waals surface area contributed by atoms with E-state index < -0.39 is 5.60 Å². The second kappa shape index (κ2) is 4.55. The Morgan fingerprint density at radius 1 is 1.25 bits per heavy atom. The molecule has 0 saturated carbocycles. The van der Waals surface area contributed by atoms with E-state index >= 15 is 0 Å². The van der Waals surface area contributed by atoms with Gasteiger partial charge in [-0.1, -0.05) is 6.07 Å². The van der Waals surface area contributed by atoms with Crippen molar-refractivity contribution in [3.63, 3.8) is 0 Å². The van der Waals surface area contributed by atoms with Crippen LogP contribution in [0, 0.1) is 0 Å². The maximum Gasteiger partial charge on any atom is 0.128 e. The van der Waals surface area contributed by atoms with Gasteiger partial charge in [0.1, 0.15) is 17.1 Å². The molecular formula is C12H16O3S. The Balaban J connectivity index is 2.51. The average Bonchev–Trinajstić information content (AvgIpc) is 2.76. The largest absolute Gasteiger partial charge is 0.496 e. The summed E-state index contributed by atoms with van der Waals surface area (Å²) in [6.07, 6.45) is 0.744. The van der Waals surface area contributed by atoms with Crippen LogP contribution in [-0.2, 0) is 5.60 Å². The van der Waals surface area contributed by atoms with E-state index in [4.69, 9.17) is 9.47 Å². The predicted molar refractivity (Wildman–Crippen MR) is 65.4 cm³/mol. The van der Waals surface area contributed by atoms with E-state index in [0.29, 0.717) is 17.3 Å². The van der Waals surface area contributed by atoms with Gasteiger partial charge in [-0.3, -0.25) is 0 Å². The molecule has 0 spiro atoms. The third-order valence-corrected chi connectivity index (χ3v) is 4.07. The summed E-state index contributed by atoms with van der Waals surface area (Å²) in [5.74, 6) is 3.07. The summed E-state index contributed by atoms with van der Waals surface area (Å²) >= 11 is 1.75. The van der Waals surface area contributed by atoms with Crippen LogP contribution in [0.25, 0.3) is 0 Å². The quantitative estimate of drug-likeness (QED) is 0.877. The number of hydrogen-bond donors (Lipinski definition) is 1. The maximum absolute atomic E-state index is 10.6. The van der Waals surface area contributed by atoms with Crippen LogP contribution < -0.4 is 9.47 Å². The Bertz CT molecular complexity index is 350. The van der Waals surface area contributed by atoms with Crippen molar-refractivity contribution in [1.29, 1.82) is 0 Å². The zero-order chi connectivity index (χ0) is 11.6. The first-order chi connectivity index (χ1) is 7.71. The molecule has 1 saturated heterocycles. The van der Waals surface area contributed by atoms with Gasteiger partial charge < -0.3 is 14.6 Å². The molecule has 16 heavy (non-hydrogen) atoms. The normalized spacial score (nSPS) is 24.4. The van der Waals surface area contributed by atoms with Crippen molar-refractivity contribution in [2.45, 2.75) is 12.0 Å². The Labute approximate surface area is 99.8 Å². The molecule has 1 fully saturated rings. The molecule has 3 nitrogen and oxygen atoms in total. The van der Waals surface area contributed by atoms with Crippen molar-refractivity contribution in [3.8, 4) is 11.5 Å². The molecule has 0 aliphatic carbocycles. The number of methoxy groups -OCH3 is 2. The standard InChI is InChI=1S/C12H16O3S/c1-14-9-4-3-5-10(15-2)11(9)12(13)6-7-16-8-12/h3-5,13H,6-8H2,1-2H3. The van der Waals surface area contributed by atoms with Gasteiger partial charge in [-0.2, -0.15) is 11.8 Å². The van der Waals surface area contributed by atoms with Gasteiger partial charge in [0, 0.05) is 5.75 Å². The van der Waals surface area contributed by atoms with Crippen LogP contribution in [0.5, 0.6) is 11.5 Å². The maximum atomic E-state index is 10.6. The van der Waals surface area contributed by atoms with Crippen LogP contribution in [0.3, 0.4) is 0 Å². The molecule has 1 aromatic carbocycles. The van der Waals surface area contributed by atoms with Crippen molar-refractivity contribution < 1.29 is 14.6 Å².